The van der Waals surface area contributed by atoms with Gasteiger partial charge in [0.05, 0.1) is 26.0 Å². The van der Waals surface area contributed by atoms with Gasteiger partial charge in [0.1, 0.15) is 11.5 Å². The first-order chi connectivity index (χ1) is 16.5. The third kappa shape index (κ3) is 7.14. The Morgan fingerprint density at radius 3 is 2.50 bits per heavy atom. The van der Waals surface area contributed by atoms with Crippen LogP contribution in [-0.4, -0.2) is 39.3 Å². The second-order valence-corrected chi connectivity index (χ2v) is 8.28. The average Bonchev–Trinajstić information content (AvgIpc) is 3.29. The van der Waals surface area contributed by atoms with Gasteiger partial charge in [0.2, 0.25) is 5.91 Å². The molecule has 2 aromatic carbocycles. The van der Waals surface area contributed by atoms with E-state index < -0.39 is 0 Å². The van der Waals surface area contributed by atoms with Crippen LogP contribution in [0.1, 0.15) is 41.3 Å². The number of hydrogen-bond donors (Lipinski definition) is 0. The Morgan fingerprint density at radius 1 is 1.09 bits per heavy atom. The van der Waals surface area contributed by atoms with Crippen LogP contribution in [0, 0.1) is 0 Å². The van der Waals surface area contributed by atoms with Crippen LogP contribution in [0.25, 0.3) is 0 Å². The fourth-order valence-electron chi connectivity index (χ4n) is 3.59. The van der Waals surface area contributed by atoms with Gasteiger partial charge in [-0.3, -0.25) is 9.59 Å². The van der Waals surface area contributed by atoms with Crippen LogP contribution in [-0.2, 0) is 35.6 Å². The lowest BCUT2D eigenvalue weighted by atomic mass is 10.2. The van der Waals surface area contributed by atoms with Gasteiger partial charge >= 0.3 is 0 Å². The summed E-state index contributed by atoms with van der Waals surface area (Å²) in [5.41, 5.74) is 2.93. The lowest BCUT2D eigenvalue weighted by Crippen LogP contribution is -2.38. The molecule has 0 saturated heterocycles. The molecule has 6 nitrogen and oxygen atoms in total. The normalized spacial score (nSPS) is 12.7. The third-order valence-electron chi connectivity index (χ3n) is 5.46. The summed E-state index contributed by atoms with van der Waals surface area (Å²) in [6, 6.07) is 17.8. The molecule has 0 spiro atoms. The Morgan fingerprint density at radius 2 is 1.82 bits per heavy atom. The molecule has 1 aliphatic rings. The standard InChI is InChI=1S/C19H21N3O3.C8H9Cl/c1-15(23)17-12-20-18-13-21(9-10-22(17)18)19(24)8-5-11-25-14-16-6-3-2-4-7-16;1-2-7-5-3-4-6-8(7)9/h2-8,12H,9-11,13-14H2,1H3;3-6H,2H2,1H3/b8-5+;. The molecule has 178 valence electrons. The molecule has 0 radical (unpaired) electrons. The second-order valence-electron chi connectivity index (χ2n) is 7.88. The number of nitrogens with zero attached hydrogens (tertiary/aromatic N) is 3. The SMILES string of the molecule is CC(=O)c1cnc2n1CCN(C(=O)/C=C/COCc1ccccc1)C2.CCc1ccccc1Cl. The number of Topliss-reactive ketones (excluding diaryl/α,β-unsaturated/α-hetero) is 1. The molecule has 1 aliphatic heterocycles. The van der Waals surface area contributed by atoms with Crippen LogP contribution in [0.15, 0.2) is 72.9 Å². The van der Waals surface area contributed by atoms with Crippen LogP contribution in [0.4, 0.5) is 0 Å². The number of amides is 1. The van der Waals surface area contributed by atoms with Crippen molar-refractivity contribution in [2.24, 2.45) is 0 Å². The summed E-state index contributed by atoms with van der Waals surface area (Å²) in [6.45, 7) is 6.11. The maximum Gasteiger partial charge on any atom is 0.246 e. The molecule has 0 unspecified atom stereocenters. The molecule has 1 amide bonds. The zero-order valence-electron chi connectivity index (χ0n) is 19.6. The van der Waals surface area contributed by atoms with E-state index in [9.17, 15) is 9.59 Å². The van der Waals surface area contributed by atoms with E-state index in [0.29, 0.717) is 38.5 Å². The van der Waals surface area contributed by atoms with Gasteiger partial charge in [-0.2, -0.15) is 0 Å². The number of ketones is 1. The summed E-state index contributed by atoms with van der Waals surface area (Å²) in [5, 5.41) is 0.875. The topological polar surface area (TPSA) is 64.4 Å². The van der Waals surface area contributed by atoms with E-state index >= 15 is 0 Å². The molecule has 2 heterocycles. The Bertz CT molecular complexity index is 1130. The van der Waals surface area contributed by atoms with Crippen molar-refractivity contribution in [3.8, 4) is 0 Å². The van der Waals surface area contributed by atoms with Gasteiger partial charge in [0.25, 0.3) is 0 Å². The first-order valence-electron chi connectivity index (χ1n) is 11.4. The molecule has 0 bridgehead atoms. The van der Waals surface area contributed by atoms with Crippen molar-refractivity contribution in [2.75, 3.05) is 13.2 Å². The number of hydrogen-bond acceptors (Lipinski definition) is 4. The van der Waals surface area contributed by atoms with Crippen molar-refractivity contribution in [3.63, 3.8) is 0 Å². The van der Waals surface area contributed by atoms with E-state index in [4.69, 9.17) is 16.3 Å². The maximum absolute atomic E-state index is 12.3. The minimum absolute atomic E-state index is 0.00557. The van der Waals surface area contributed by atoms with E-state index in [1.54, 1.807) is 17.2 Å². The lowest BCUT2D eigenvalue weighted by Gasteiger charge is -2.27. The van der Waals surface area contributed by atoms with E-state index in [1.807, 2.05) is 59.2 Å². The number of aromatic nitrogens is 2. The molecule has 4 rings (SSSR count). The molecule has 1 aromatic heterocycles. The molecule has 0 saturated carbocycles. The van der Waals surface area contributed by atoms with E-state index in [1.165, 1.54) is 18.6 Å². The number of fused-ring (bicyclic) bond motifs is 1. The molecule has 34 heavy (non-hydrogen) atoms. The summed E-state index contributed by atoms with van der Waals surface area (Å²) in [6.07, 6.45) is 5.86. The number of imidazole rings is 1. The first kappa shape index (κ1) is 25.4. The van der Waals surface area contributed by atoms with E-state index in [-0.39, 0.29) is 11.7 Å². The minimum Gasteiger partial charge on any atom is -0.373 e. The number of carbonyl (C=O) groups is 2. The van der Waals surface area contributed by atoms with Gasteiger partial charge in [-0.05, 0) is 23.6 Å². The highest BCUT2D eigenvalue weighted by Gasteiger charge is 2.23. The lowest BCUT2D eigenvalue weighted by molar-refractivity contribution is -0.127. The highest BCUT2D eigenvalue weighted by molar-refractivity contribution is 6.31. The number of carbonyl (C=O) groups excluding carboxylic acids is 2. The second kappa shape index (κ2) is 12.9. The van der Waals surface area contributed by atoms with E-state index in [0.717, 1.165) is 22.8 Å². The summed E-state index contributed by atoms with van der Waals surface area (Å²) in [7, 11) is 0. The van der Waals surface area contributed by atoms with Crippen molar-refractivity contribution < 1.29 is 14.3 Å². The van der Waals surface area contributed by atoms with Gasteiger partial charge in [0, 0.05) is 31.1 Å². The Balaban J connectivity index is 0.000000302. The molecule has 0 fully saturated rings. The van der Waals surface area contributed by atoms with Crippen molar-refractivity contribution in [1.82, 2.24) is 14.5 Å². The number of ether oxygens (including phenoxy) is 1. The minimum atomic E-state index is -0.0677. The summed E-state index contributed by atoms with van der Waals surface area (Å²) < 4.78 is 7.42. The predicted octanol–water partition coefficient (Wildman–Crippen LogP) is 5.10. The molecule has 0 atom stereocenters. The zero-order valence-corrected chi connectivity index (χ0v) is 20.4. The Hall–Kier alpha value is -3.22. The van der Waals surface area contributed by atoms with Crippen LogP contribution >= 0.6 is 11.6 Å². The van der Waals surface area contributed by atoms with Gasteiger partial charge < -0.3 is 14.2 Å². The van der Waals surface area contributed by atoms with Crippen LogP contribution in [0.2, 0.25) is 5.02 Å². The summed E-state index contributed by atoms with van der Waals surface area (Å²) in [4.78, 5) is 29.8. The molecule has 7 heteroatoms. The highest BCUT2D eigenvalue weighted by Crippen LogP contribution is 2.15. The zero-order chi connectivity index (χ0) is 24.3. The molecular weight excluding hydrogens is 450 g/mol. The van der Waals surface area contributed by atoms with Crippen molar-refractivity contribution in [3.05, 3.63) is 101 Å². The quantitative estimate of drug-likeness (QED) is 0.268. The third-order valence-corrected chi connectivity index (χ3v) is 5.83. The first-order valence-corrected chi connectivity index (χ1v) is 11.7. The predicted molar refractivity (Wildman–Crippen MR) is 134 cm³/mol. The van der Waals surface area contributed by atoms with Crippen LogP contribution in [0.3, 0.4) is 0 Å². The molecule has 0 aliphatic carbocycles. The summed E-state index contributed by atoms with van der Waals surface area (Å²) in [5.74, 6) is 0.675. The number of rotatable bonds is 7. The number of halogens is 1. The fourth-order valence-corrected chi connectivity index (χ4v) is 3.86. The van der Waals surface area contributed by atoms with Crippen molar-refractivity contribution >= 4 is 23.3 Å². The fraction of sp³-hybridized carbons (Fsp3) is 0.296. The number of aryl methyl sites for hydroxylation is 1. The van der Waals surface area contributed by atoms with Gasteiger partial charge in [-0.1, -0.05) is 73.1 Å². The van der Waals surface area contributed by atoms with E-state index in [2.05, 4.69) is 11.9 Å². The highest BCUT2D eigenvalue weighted by atomic mass is 35.5. The van der Waals surface area contributed by atoms with Crippen LogP contribution in [0.5, 0.6) is 0 Å². The largest absolute Gasteiger partial charge is 0.373 e. The summed E-state index contributed by atoms with van der Waals surface area (Å²) >= 11 is 5.82. The average molecular weight is 480 g/mol. The molecule has 0 N–H and O–H groups in total. The van der Waals surface area contributed by atoms with Gasteiger partial charge in [-0.25, -0.2) is 4.98 Å². The monoisotopic (exact) mass is 479 g/mol. The number of benzene rings is 2. The Labute approximate surface area is 205 Å². The maximum atomic E-state index is 12.3. The molecule has 3 aromatic rings. The molecular formula is C27H30ClN3O3. The van der Waals surface area contributed by atoms with Gasteiger partial charge in [-0.15, -0.1) is 0 Å². The van der Waals surface area contributed by atoms with Crippen molar-refractivity contribution in [2.45, 2.75) is 40.0 Å². The van der Waals surface area contributed by atoms with Gasteiger partial charge in [0.15, 0.2) is 5.78 Å². The Kier molecular flexibility index (Phi) is 9.62. The van der Waals surface area contributed by atoms with Crippen LogP contribution < -0.4 is 0 Å². The smallest absolute Gasteiger partial charge is 0.246 e. The van der Waals surface area contributed by atoms with Crippen molar-refractivity contribution in [1.29, 1.82) is 0 Å².